The third kappa shape index (κ3) is 5.06. The number of carbonyl (C=O) groups excluding carboxylic acids is 2. The van der Waals surface area contributed by atoms with Crippen molar-refractivity contribution in [3.8, 4) is 0 Å². The van der Waals surface area contributed by atoms with Crippen molar-refractivity contribution in [1.29, 1.82) is 0 Å². The second kappa shape index (κ2) is 8.97. The number of nitrogens with one attached hydrogen (secondary N) is 2. The Morgan fingerprint density at radius 3 is 2.53 bits per heavy atom. The molecule has 1 aromatic carbocycles. The highest BCUT2D eigenvalue weighted by atomic mass is 32.2. The zero-order valence-electron chi connectivity index (χ0n) is 17.4. The van der Waals surface area contributed by atoms with Crippen molar-refractivity contribution in [1.82, 2.24) is 19.4 Å². The van der Waals surface area contributed by atoms with E-state index in [0.717, 1.165) is 0 Å². The number of aromatic nitrogens is 2. The van der Waals surface area contributed by atoms with Crippen LogP contribution in [0.25, 0.3) is 0 Å². The monoisotopic (exact) mass is 433 g/mol. The van der Waals surface area contributed by atoms with Gasteiger partial charge < -0.3 is 10.6 Å². The number of sulfonamides is 1. The Hall–Kier alpha value is -2.72. The highest BCUT2D eigenvalue weighted by molar-refractivity contribution is 7.89. The number of hydrogen-bond acceptors (Lipinski definition) is 5. The predicted molar refractivity (Wildman–Crippen MR) is 113 cm³/mol. The molecule has 162 valence electrons. The summed E-state index contributed by atoms with van der Waals surface area (Å²) >= 11 is 0. The average Bonchev–Trinajstić information content (AvgIpc) is 3.14. The second-order valence-electron chi connectivity index (χ2n) is 7.62. The summed E-state index contributed by atoms with van der Waals surface area (Å²) in [5, 5.41) is 9.52. The van der Waals surface area contributed by atoms with Crippen molar-refractivity contribution in [2.45, 2.75) is 31.6 Å². The number of benzene rings is 1. The molecule has 1 aromatic heterocycles. The smallest absolute Gasteiger partial charge is 0.254 e. The van der Waals surface area contributed by atoms with E-state index in [4.69, 9.17) is 0 Å². The molecule has 1 aliphatic heterocycles. The molecule has 2 amide bonds. The van der Waals surface area contributed by atoms with Crippen LogP contribution in [0, 0.1) is 12.8 Å². The molecular formula is C20H27N5O4S. The van der Waals surface area contributed by atoms with Crippen molar-refractivity contribution >= 4 is 27.5 Å². The predicted octanol–water partition coefficient (Wildman–Crippen LogP) is 1.52. The Morgan fingerprint density at radius 2 is 1.93 bits per heavy atom. The molecule has 10 heteroatoms. The molecule has 1 aliphatic rings. The van der Waals surface area contributed by atoms with Gasteiger partial charge in [-0.15, -0.1) is 0 Å². The second-order valence-corrected chi connectivity index (χ2v) is 9.53. The minimum Gasteiger partial charge on any atom is -0.352 e. The SMILES string of the molecule is CC(=O)Nc1ccc(C)c(S(=O)(=O)N2CCC(CNC(=O)c3cnn(C)c3)CC2)c1. The molecule has 1 fully saturated rings. The van der Waals surface area contributed by atoms with E-state index in [0.29, 0.717) is 49.3 Å². The number of aryl methyl sites for hydroxylation is 2. The molecule has 0 unspecified atom stereocenters. The summed E-state index contributed by atoms with van der Waals surface area (Å²) in [6, 6.07) is 4.89. The van der Waals surface area contributed by atoms with Gasteiger partial charge in [-0.3, -0.25) is 14.3 Å². The number of anilines is 1. The maximum Gasteiger partial charge on any atom is 0.254 e. The number of piperidine rings is 1. The molecule has 0 atom stereocenters. The molecule has 0 saturated carbocycles. The Kier molecular flexibility index (Phi) is 6.57. The van der Waals surface area contributed by atoms with Crippen LogP contribution in [0.4, 0.5) is 5.69 Å². The molecule has 2 heterocycles. The fraction of sp³-hybridized carbons (Fsp3) is 0.450. The first-order chi connectivity index (χ1) is 14.2. The number of rotatable bonds is 6. The Bertz CT molecular complexity index is 1040. The van der Waals surface area contributed by atoms with Gasteiger partial charge in [0.05, 0.1) is 16.7 Å². The lowest BCUT2D eigenvalue weighted by Gasteiger charge is -2.31. The van der Waals surface area contributed by atoms with Crippen LogP contribution < -0.4 is 10.6 Å². The molecule has 3 rings (SSSR count). The van der Waals surface area contributed by atoms with Gasteiger partial charge in [-0.25, -0.2) is 8.42 Å². The first-order valence-corrected chi connectivity index (χ1v) is 11.3. The van der Waals surface area contributed by atoms with Gasteiger partial charge in [-0.2, -0.15) is 9.40 Å². The van der Waals surface area contributed by atoms with Crippen molar-refractivity contribution in [3.05, 3.63) is 41.7 Å². The van der Waals surface area contributed by atoms with Gasteiger partial charge in [0.2, 0.25) is 15.9 Å². The van der Waals surface area contributed by atoms with Crippen LogP contribution in [-0.2, 0) is 21.9 Å². The third-order valence-electron chi connectivity index (χ3n) is 5.22. The van der Waals surface area contributed by atoms with Crippen LogP contribution in [0.1, 0.15) is 35.7 Å². The van der Waals surface area contributed by atoms with E-state index >= 15 is 0 Å². The molecule has 1 saturated heterocycles. The molecule has 30 heavy (non-hydrogen) atoms. The van der Waals surface area contributed by atoms with Crippen LogP contribution in [0.15, 0.2) is 35.5 Å². The number of nitrogens with zero attached hydrogens (tertiary/aromatic N) is 3. The minimum atomic E-state index is -3.66. The van der Waals surface area contributed by atoms with E-state index in [9.17, 15) is 18.0 Å². The molecule has 0 radical (unpaired) electrons. The normalized spacial score (nSPS) is 15.7. The van der Waals surface area contributed by atoms with E-state index in [2.05, 4.69) is 15.7 Å². The Morgan fingerprint density at radius 1 is 1.23 bits per heavy atom. The molecule has 0 spiro atoms. The van der Waals surface area contributed by atoms with E-state index in [-0.39, 0.29) is 22.6 Å². The van der Waals surface area contributed by atoms with E-state index in [1.807, 2.05) is 0 Å². The molecule has 0 bridgehead atoms. The van der Waals surface area contributed by atoms with Gasteiger partial charge in [-0.1, -0.05) is 6.07 Å². The summed E-state index contributed by atoms with van der Waals surface area (Å²) in [6.07, 6.45) is 4.50. The molecular weight excluding hydrogens is 406 g/mol. The van der Waals surface area contributed by atoms with Gasteiger partial charge in [0.1, 0.15) is 0 Å². The first kappa shape index (κ1) is 22.0. The Balaban J connectivity index is 1.60. The van der Waals surface area contributed by atoms with E-state index < -0.39 is 10.0 Å². The van der Waals surface area contributed by atoms with Crippen LogP contribution in [0.2, 0.25) is 0 Å². The number of amides is 2. The largest absolute Gasteiger partial charge is 0.352 e. The van der Waals surface area contributed by atoms with Crippen LogP contribution in [-0.4, -0.2) is 54.0 Å². The number of hydrogen-bond donors (Lipinski definition) is 2. The van der Waals surface area contributed by atoms with Crippen LogP contribution >= 0.6 is 0 Å². The van der Waals surface area contributed by atoms with Crippen LogP contribution in [0.5, 0.6) is 0 Å². The highest BCUT2D eigenvalue weighted by Gasteiger charge is 2.30. The topological polar surface area (TPSA) is 113 Å². The lowest BCUT2D eigenvalue weighted by Crippen LogP contribution is -2.41. The van der Waals surface area contributed by atoms with E-state index in [1.165, 1.54) is 23.5 Å². The summed E-state index contributed by atoms with van der Waals surface area (Å²) in [5.74, 6) is -0.219. The molecule has 9 nitrogen and oxygen atoms in total. The van der Waals surface area contributed by atoms with Gasteiger partial charge >= 0.3 is 0 Å². The zero-order chi connectivity index (χ0) is 21.9. The quantitative estimate of drug-likeness (QED) is 0.717. The lowest BCUT2D eigenvalue weighted by atomic mass is 9.98. The molecule has 2 aromatic rings. The van der Waals surface area contributed by atoms with E-state index in [1.54, 1.807) is 37.0 Å². The highest BCUT2D eigenvalue weighted by Crippen LogP contribution is 2.27. The van der Waals surface area contributed by atoms with Crippen molar-refractivity contribution in [2.75, 3.05) is 25.0 Å². The van der Waals surface area contributed by atoms with Crippen molar-refractivity contribution < 1.29 is 18.0 Å². The minimum absolute atomic E-state index is 0.177. The van der Waals surface area contributed by atoms with Crippen molar-refractivity contribution in [3.63, 3.8) is 0 Å². The summed E-state index contributed by atoms with van der Waals surface area (Å²) in [4.78, 5) is 23.7. The Labute approximate surface area is 176 Å². The first-order valence-electron chi connectivity index (χ1n) is 9.82. The third-order valence-corrected chi connectivity index (χ3v) is 7.26. The summed E-state index contributed by atoms with van der Waals surface area (Å²) < 4.78 is 29.3. The lowest BCUT2D eigenvalue weighted by molar-refractivity contribution is -0.114. The molecule has 2 N–H and O–H groups in total. The zero-order valence-corrected chi connectivity index (χ0v) is 18.2. The maximum atomic E-state index is 13.1. The van der Waals surface area contributed by atoms with Gasteiger partial charge in [0, 0.05) is 45.5 Å². The van der Waals surface area contributed by atoms with Gasteiger partial charge in [0.25, 0.3) is 5.91 Å². The maximum absolute atomic E-state index is 13.1. The summed E-state index contributed by atoms with van der Waals surface area (Å²) in [7, 11) is -1.91. The van der Waals surface area contributed by atoms with Crippen LogP contribution in [0.3, 0.4) is 0 Å². The van der Waals surface area contributed by atoms with Gasteiger partial charge in [-0.05, 0) is 43.4 Å². The van der Waals surface area contributed by atoms with Gasteiger partial charge in [0.15, 0.2) is 0 Å². The fourth-order valence-corrected chi connectivity index (χ4v) is 5.25. The number of carbonyl (C=O) groups is 2. The molecule has 0 aliphatic carbocycles. The van der Waals surface area contributed by atoms with Crippen molar-refractivity contribution in [2.24, 2.45) is 13.0 Å². The average molecular weight is 434 g/mol. The summed E-state index contributed by atoms with van der Waals surface area (Å²) in [5.41, 5.74) is 1.60. The fourth-order valence-electron chi connectivity index (χ4n) is 3.53. The standard InChI is InChI=1S/C20H27N5O4S/c1-14-4-5-18(23-15(2)26)10-19(14)30(28,29)25-8-6-16(7-9-25)11-21-20(27)17-12-22-24(3)13-17/h4-5,10,12-13,16H,6-9,11H2,1-3H3,(H,21,27)(H,23,26). The summed E-state index contributed by atoms with van der Waals surface area (Å²) in [6.45, 7) is 4.40.